The zero-order chi connectivity index (χ0) is 12.0. The van der Waals surface area contributed by atoms with Crippen molar-refractivity contribution in [3.05, 3.63) is 24.0 Å². The van der Waals surface area contributed by atoms with Crippen LogP contribution in [0.1, 0.15) is 19.5 Å². The molecular formula is C12H14N4. The fourth-order valence-corrected chi connectivity index (χ4v) is 1.43. The summed E-state index contributed by atoms with van der Waals surface area (Å²) in [7, 11) is 0. The summed E-state index contributed by atoms with van der Waals surface area (Å²) in [5.74, 6) is -0.0180. The van der Waals surface area contributed by atoms with Crippen molar-refractivity contribution in [3.63, 3.8) is 0 Å². The van der Waals surface area contributed by atoms with E-state index < -0.39 is 0 Å². The van der Waals surface area contributed by atoms with Gasteiger partial charge in [0, 0.05) is 13.1 Å². The first-order chi connectivity index (χ1) is 7.71. The van der Waals surface area contributed by atoms with Gasteiger partial charge in [0.25, 0.3) is 0 Å². The maximum atomic E-state index is 8.77. The number of rotatable bonds is 4. The lowest BCUT2D eigenvalue weighted by molar-refractivity contribution is 0.685. The number of nitriles is 2. The zero-order valence-electron chi connectivity index (χ0n) is 9.51. The third-order valence-corrected chi connectivity index (χ3v) is 2.32. The van der Waals surface area contributed by atoms with Crippen LogP contribution in [0.5, 0.6) is 0 Å². The van der Waals surface area contributed by atoms with E-state index in [2.05, 4.69) is 16.0 Å². The molecule has 16 heavy (non-hydrogen) atoms. The molecule has 0 aromatic carbocycles. The molecule has 1 unspecified atom stereocenters. The fourth-order valence-electron chi connectivity index (χ4n) is 1.43. The van der Waals surface area contributed by atoms with Gasteiger partial charge in [0.05, 0.1) is 23.9 Å². The maximum Gasteiger partial charge on any atom is 0.140 e. The Balaban J connectivity index is 2.80. The molecule has 1 aromatic rings. The van der Waals surface area contributed by atoms with Crippen molar-refractivity contribution in [2.75, 3.05) is 18.0 Å². The predicted molar refractivity (Wildman–Crippen MR) is 61.6 cm³/mol. The average molecular weight is 214 g/mol. The lowest BCUT2D eigenvalue weighted by Crippen LogP contribution is -2.27. The van der Waals surface area contributed by atoms with E-state index in [4.69, 9.17) is 10.5 Å². The van der Waals surface area contributed by atoms with Crippen LogP contribution in [0, 0.1) is 28.6 Å². The van der Waals surface area contributed by atoms with Gasteiger partial charge in [-0.1, -0.05) is 0 Å². The Morgan fingerprint density at radius 1 is 1.44 bits per heavy atom. The van der Waals surface area contributed by atoms with Crippen LogP contribution >= 0.6 is 0 Å². The van der Waals surface area contributed by atoms with Crippen molar-refractivity contribution >= 4 is 5.69 Å². The van der Waals surface area contributed by atoms with Crippen molar-refractivity contribution in [2.45, 2.75) is 13.8 Å². The van der Waals surface area contributed by atoms with Crippen molar-refractivity contribution in [1.82, 2.24) is 4.98 Å². The summed E-state index contributed by atoms with van der Waals surface area (Å²) in [6, 6.07) is 7.74. The summed E-state index contributed by atoms with van der Waals surface area (Å²) in [5.41, 5.74) is 1.36. The molecule has 1 rings (SSSR count). The lowest BCUT2D eigenvalue weighted by atomic mass is 10.2. The Morgan fingerprint density at radius 3 is 2.62 bits per heavy atom. The predicted octanol–water partition coefficient (Wildman–Crippen LogP) is 1.94. The van der Waals surface area contributed by atoms with Crippen molar-refractivity contribution in [1.29, 1.82) is 10.5 Å². The summed E-state index contributed by atoms with van der Waals surface area (Å²) >= 11 is 0. The summed E-state index contributed by atoms with van der Waals surface area (Å²) in [5, 5.41) is 17.4. The van der Waals surface area contributed by atoms with Gasteiger partial charge in [-0.2, -0.15) is 10.5 Å². The zero-order valence-corrected chi connectivity index (χ0v) is 9.51. The third-order valence-electron chi connectivity index (χ3n) is 2.32. The highest BCUT2D eigenvalue weighted by atomic mass is 15.1. The van der Waals surface area contributed by atoms with E-state index in [9.17, 15) is 0 Å². The highest BCUT2D eigenvalue weighted by Gasteiger charge is 2.09. The van der Waals surface area contributed by atoms with E-state index in [-0.39, 0.29) is 5.92 Å². The number of hydrogen-bond donors (Lipinski definition) is 0. The number of hydrogen-bond acceptors (Lipinski definition) is 4. The molecular weight excluding hydrogens is 200 g/mol. The Morgan fingerprint density at radius 2 is 2.19 bits per heavy atom. The van der Waals surface area contributed by atoms with Crippen LogP contribution in [0.15, 0.2) is 18.3 Å². The molecule has 0 spiro atoms. The van der Waals surface area contributed by atoms with Gasteiger partial charge in [0.1, 0.15) is 11.8 Å². The minimum Gasteiger partial charge on any atom is -0.369 e. The molecule has 0 radical (unpaired) electrons. The Hall–Kier alpha value is -2.07. The third kappa shape index (κ3) is 2.96. The molecule has 4 heteroatoms. The minimum atomic E-state index is -0.0180. The van der Waals surface area contributed by atoms with E-state index in [1.54, 1.807) is 12.3 Å². The largest absolute Gasteiger partial charge is 0.369 e. The van der Waals surface area contributed by atoms with Gasteiger partial charge >= 0.3 is 0 Å². The molecule has 4 nitrogen and oxygen atoms in total. The highest BCUT2D eigenvalue weighted by molar-refractivity contribution is 5.45. The van der Waals surface area contributed by atoms with Crippen LogP contribution < -0.4 is 4.90 Å². The monoisotopic (exact) mass is 214 g/mol. The van der Waals surface area contributed by atoms with Crippen molar-refractivity contribution < 1.29 is 0 Å². The second-order valence-electron chi connectivity index (χ2n) is 3.58. The van der Waals surface area contributed by atoms with Gasteiger partial charge in [0.2, 0.25) is 0 Å². The van der Waals surface area contributed by atoms with Gasteiger partial charge in [0.15, 0.2) is 0 Å². The SMILES string of the molecule is CCN(CC(C)C#N)c1ccc(C#N)nc1. The fraction of sp³-hybridized carbons (Fsp3) is 0.417. The first-order valence-electron chi connectivity index (χ1n) is 5.22. The normalized spacial score (nSPS) is 11.2. The number of anilines is 1. The molecule has 0 amide bonds. The van der Waals surface area contributed by atoms with Crippen LogP contribution in [-0.4, -0.2) is 18.1 Å². The van der Waals surface area contributed by atoms with Crippen LogP contribution in [0.2, 0.25) is 0 Å². The van der Waals surface area contributed by atoms with Gasteiger partial charge in [-0.25, -0.2) is 4.98 Å². The van der Waals surface area contributed by atoms with E-state index in [1.807, 2.05) is 26.0 Å². The van der Waals surface area contributed by atoms with Crippen LogP contribution in [0.25, 0.3) is 0 Å². The van der Waals surface area contributed by atoms with Gasteiger partial charge < -0.3 is 4.90 Å². The average Bonchev–Trinajstić information content (AvgIpc) is 2.35. The molecule has 1 atom stereocenters. The molecule has 0 aliphatic carbocycles. The van der Waals surface area contributed by atoms with E-state index in [0.717, 1.165) is 12.2 Å². The molecule has 1 heterocycles. The first kappa shape index (κ1) is 12.0. The van der Waals surface area contributed by atoms with Gasteiger partial charge in [-0.05, 0) is 26.0 Å². The Bertz CT molecular complexity index is 410. The lowest BCUT2D eigenvalue weighted by Gasteiger charge is -2.23. The molecule has 0 aliphatic heterocycles. The first-order valence-corrected chi connectivity index (χ1v) is 5.22. The van der Waals surface area contributed by atoms with Gasteiger partial charge in [-0.3, -0.25) is 0 Å². The second kappa shape index (κ2) is 5.72. The summed E-state index contributed by atoms with van der Waals surface area (Å²) in [6.45, 7) is 5.42. The molecule has 0 saturated heterocycles. The van der Waals surface area contributed by atoms with Crippen LogP contribution in [0.4, 0.5) is 5.69 Å². The summed E-state index contributed by atoms with van der Waals surface area (Å²) in [4.78, 5) is 6.08. The summed E-state index contributed by atoms with van der Waals surface area (Å²) < 4.78 is 0. The number of nitrogens with zero attached hydrogens (tertiary/aromatic N) is 4. The molecule has 0 N–H and O–H groups in total. The Kier molecular flexibility index (Phi) is 4.29. The highest BCUT2D eigenvalue weighted by Crippen LogP contribution is 2.14. The van der Waals surface area contributed by atoms with Crippen LogP contribution in [0.3, 0.4) is 0 Å². The number of aromatic nitrogens is 1. The second-order valence-corrected chi connectivity index (χ2v) is 3.58. The molecule has 0 bridgehead atoms. The standard InChI is InChI=1S/C12H14N4/c1-3-16(9-10(2)6-13)12-5-4-11(7-14)15-8-12/h4-5,8,10H,3,9H2,1-2H3. The topological polar surface area (TPSA) is 63.7 Å². The van der Waals surface area contributed by atoms with Gasteiger partial charge in [-0.15, -0.1) is 0 Å². The van der Waals surface area contributed by atoms with Crippen molar-refractivity contribution in [3.8, 4) is 12.1 Å². The maximum absolute atomic E-state index is 8.77. The molecule has 1 aromatic heterocycles. The summed E-state index contributed by atoms with van der Waals surface area (Å²) in [6.07, 6.45) is 1.67. The molecule has 82 valence electrons. The number of pyridine rings is 1. The van der Waals surface area contributed by atoms with Crippen molar-refractivity contribution in [2.24, 2.45) is 5.92 Å². The molecule has 0 aliphatic rings. The smallest absolute Gasteiger partial charge is 0.140 e. The minimum absolute atomic E-state index is 0.0180. The molecule has 0 fully saturated rings. The van der Waals surface area contributed by atoms with E-state index >= 15 is 0 Å². The Labute approximate surface area is 95.8 Å². The van der Waals surface area contributed by atoms with E-state index in [0.29, 0.717) is 12.2 Å². The van der Waals surface area contributed by atoms with Crippen LogP contribution in [-0.2, 0) is 0 Å². The quantitative estimate of drug-likeness (QED) is 0.768. The molecule has 0 saturated carbocycles. The van der Waals surface area contributed by atoms with E-state index in [1.165, 1.54) is 0 Å².